The molecule has 0 radical (unpaired) electrons. The summed E-state index contributed by atoms with van der Waals surface area (Å²) in [5.74, 6) is 0.666. The Morgan fingerprint density at radius 1 is 1.38 bits per heavy atom. The van der Waals surface area contributed by atoms with Gasteiger partial charge in [0.25, 0.3) is 0 Å². The van der Waals surface area contributed by atoms with Crippen LogP contribution in [0.3, 0.4) is 0 Å². The van der Waals surface area contributed by atoms with Gasteiger partial charge < -0.3 is 0 Å². The summed E-state index contributed by atoms with van der Waals surface area (Å²) >= 11 is 7.60. The van der Waals surface area contributed by atoms with Crippen LogP contribution in [0.25, 0.3) is 0 Å². The van der Waals surface area contributed by atoms with Crippen molar-refractivity contribution in [1.82, 2.24) is 9.97 Å². The second kappa shape index (κ2) is 3.46. The lowest BCUT2D eigenvalue weighted by molar-refractivity contribution is 0.623. The summed E-state index contributed by atoms with van der Waals surface area (Å²) in [6.07, 6.45) is 4.05. The molecule has 2 rings (SSSR count). The highest BCUT2D eigenvalue weighted by atomic mass is 35.5. The van der Waals surface area contributed by atoms with Crippen LogP contribution in [0, 0.1) is 5.92 Å². The van der Waals surface area contributed by atoms with Gasteiger partial charge in [0.05, 0.1) is 0 Å². The van der Waals surface area contributed by atoms with E-state index in [0.29, 0.717) is 11.1 Å². The van der Waals surface area contributed by atoms with Crippen LogP contribution in [0.1, 0.15) is 18.2 Å². The highest BCUT2D eigenvalue weighted by Crippen LogP contribution is 2.30. The zero-order chi connectivity index (χ0) is 9.42. The summed E-state index contributed by atoms with van der Waals surface area (Å²) in [6.45, 7) is 2.22. The fourth-order valence-electron chi connectivity index (χ4n) is 1.69. The third-order valence-corrected chi connectivity index (χ3v) is 3.16. The van der Waals surface area contributed by atoms with E-state index in [4.69, 9.17) is 11.6 Å². The molecule has 70 valence electrons. The maximum absolute atomic E-state index is 6.05. The minimum atomic E-state index is 0.652. The highest BCUT2D eigenvalue weighted by molar-refractivity contribution is 7.98. The van der Waals surface area contributed by atoms with Gasteiger partial charge in [-0.3, -0.25) is 0 Å². The van der Waals surface area contributed by atoms with Crippen molar-refractivity contribution in [3.05, 3.63) is 16.4 Å². The molecule has 0 bridgehead atoms. The lowest BCUT2D eigenvalue weighted by atomic mass is 10.1. The smallest absolute Gasteiger partial charge is 0.188 e. The average molecular weight is 215 g/mol. The predicted molar refractivity (Wildman–Crippen MR) is 55.4 cm³/mol. The summed E-state index contributed by atoms with van der Waals surface area (Å²) in [6, 6.07) is 0. The number of rotatable bonds is 1. The third kappa shape index (κ3) is 1.67. The molecular formula is C9H11ClN2S. The monoisotopic (exact) mass is 214 g/mol. The maximum atomic E-state index is 6.05. The van der Waals surface area contributed by atoms with E-state index in [-0.39, 0.29) is 0 Å². The third-order valence-electron chi connectivity index (χ3n) is 2.30. The van der Waals surface area contributed by atoms with Crippen LogP contribution >= 0.6 is 23.4 Å². The molecular weight excluding hydrogens is 204 g/mol. The van der Waals surface area contributed by atoms with Crippen LogP contribution < -0.4 is 0 Å². The van der Waals surface area contributed by atoms with Gasteiger partial charge in [-0.05, 0) is 25.0 Å². The van der Waals surface area contributed by atoms with Gasteiger partial charge in [0.15, 0.2) is 5.16 Å². The van der Waals surface area contributed by atoms with E-state index >= 15 is 0 Å². The molecule has 0 aliphatic heterocycles. The van der Waals surface area contributed by atoms with Gasteiger partial charge in [0.2, 0.25) is 0 Å². The van der Waals surface area contributed by atoms with Gasteiger partial charge in [-0.25, -0.2) is 9.97 Å². The fraction of sp³-hybridized carbons (Fsp3) is 0.556. The van der Waals surface area contributed by atoms with E-state index in [1.165, 1.54) is 0 Å². The van der Waals surface area contributed by atoms with Crippen LogP contribution in [-0.2, 0) is 12.8 Å². The molecule has 0 aromatic carbocycles. The first kappa shape index (κ1) is 9.28. The molecule has 2 nitrogen and oxygen atoms in total. The van der Waals surface area contributed by atoms with Crippen molar-refractivity contribution in [1.29, 1.82) is 0 Å². The second-order valence-electron chi connectivity index (χ2n) is 3.44. The Labute approximate surface area is 87.1 Å². The van der Waals surface area contributed by atoms with E-state index < -0.39 is 0 Å². The molecule has 1 atom stereocenters. The van der Waals surface area contributed by atoms with Crippen LogP contribution in [0.2, 0.25) is 5.15 Å². The molecule has 0 amide bonds. The maximum Gasteiger partial charge on any atom is 0.188 e. The van der Waals surface area contributed by atoms with E-state index in [9.17, 15) is 0 Å². The van der Waals surface area contributed by atoms with E-state index in [0.717, 1.165) is 29.3 Å². The molecule has 4 heteroatoms. The van der Waals surface area contributed by atoms with Crippen LogP contribution in [0.15, 0.2) is 5.16 Å². The second-order valence-corrected chi connectivity index (χ2v) is 4.57. The summed E-state index contributed by atoms with van der Waals surface area (Å²) in [4.78, 5) is 8.67. The van der Waals surface area contributed by atoms with Crippen molar-refractivity contribution in [2.75, 3.05) is 6.26 Å². The van der Waals surface area contributed by atoms with Crippen molar-refractivity contribution >= 4 is 23.4 Å². The van der Waals surface area contributed by atoms with Crippen LogP contribution in [0.4, 0.5) is 0 Å². The molecule has 0 fully saturated rings. The Bertz CT molecular complexity index is 341. The summed E-state index contributed by atoms with van der Waals surface area (Å²) < 4.78 is 0. The largest absolute Gasteiger partial charge is 0.227 e. The van der Waals surface area contributed by atoms with Gasteiger partial charge in [0.1, 0.15) is 5.15 Å². The lowest BCUT2D eigenvalue weighted by Gasteiger charge is -2.02. The number of nitrogens with zero attached hydrogens (tertiary/aromatic N) is 2. The van der Waals surface area contributed by atoms with Crippen molar-refractivity contribution in [3.8, 4) is 0 Å². The normalized spacial score (nSPS) is 20.4. The van der Waals surface area contributed by atoms with Crippen LogP contribution in [0.5, 0.6) is 0 Å². The fourth-order valence-corrected chi connectivity index (χ4v) is 2.39. The number of fused-ring (bicyclic) bond motifs is 1. The standard InChI is InChI=1S/C9H11ClN2S/c1-5-3-6-7(4-5)11-9(13-2)12-8(6)10/h5H,3-4H2,1-2H3/t5-/m0/s1. The van der Waals surface area contributed by atoms with Crippen LogP contribution in [-0.4, -0.2) is 16.2 Å². The van der Waals surface area contributed by atoms with Crippen molar-refractivity contribution < 1.29 is 0 Å². The molecule has 1 aliphatic carbocycles. The van der Waals surface area contributed by atoms with E-state index in [2.05, 4.69) is 16.9 Å². The average Bonchev–Trinajstić information content (AvgIpc) is 2.46. The molecule has 1 aliphatic rings. The molecule has 0 saturated heterocycles. The van der Waals surface area contributed by atoms with Crippen molar-refractivity contribution in [2.24, 2.45) is 5.92 Å². The SMILES string of the molecule is CSc1nc(Cl)c2c(n1)C[C@@H](C)C2. The number of hydrogen-bond donors (Lipinski definition) is 0. The number of hydrogen-bond acceptors (Lipinski definition) is 3. The molecule has 0 spiro atoms. The minimum absolute atomic E-state index is 0.652. The van der Waals surface area contributed by atoms with Gasteiger partial charge >= 0.3 is 0 Å². The predicted octanol–water partition coefficient (Wildman–Crippen LogP) is 2.59. The molecule has 1 aromatic heterocycles. The molecule has 1 aromatic rings. The summed E-state index contributed by atoms with van der Waals surface area (Å²) in [7, 11) is 0. The first-order chi connectivity index (χ1) is 6.20. The molecule has 13 heavy (non-hydrogen) atoms. The highest BCUT2D eigenvalue weighted by Gasteiger charge is 2.23. The lowest BCUT2D eigenvalue weighted by Crippen LogP contribution is -1.95. The van der Waals surface area contributed by atoms with Gasteiger partial charge in [0, 0.05) is 11.3 Å². The molecule has 0 unspecified atom stereocenters. The van der Waals surface area contributed by atoms with Gasteiger partial charge in [-0.2, -0.15) is 0 Å². The van der Waals surface area contributed by atoms with Gasteiger partial charge in [-0.15, -0.1) is 0 Å². The van der Waals surface area contributed by atoms with Gasteiger partial charge in [-0.1, -0.05) is 30.3 Å². The molecule has 0 N–H and O–H groups in total. The summed E-state index contributed by atoms with van der Waals surface area (Å²) in [5.41, 5.74) is 2.31. The quantitative estimate of drug-likeness (QED) is 0.408. The topological polar surface area (TPSA) is 25.8 Å². The Morgan fingerprint density at radius 3 is 2.85 bits per heavy atom. The molecule has 1 heterocycles. The first-order valence-electron chi connectivity index (χ1n) is 4.30. The van der Waals surface area contributed by atoms with Crippen molar-refractivity contribution in [2.45, 2.75) is 24.9 Å². The van der Waals surface area contributed by atoms with Crippen molar-refractivity contribution in [3.63, 3.8) is 0 Å². The first-order valence-corrected chi connectivity index (χ1v) is 5.90. The Kier molecular flexibility index (Phi) is 2.47. The Hall–Kier alpha value is -0.280. The Balaban J connectivity index is 2.46. The van der Waals surface area contributed by atoms with E-state index in [1.807, 2.05) is 6.26 Å². The Morgan fingerprint density at radius 2 is 2.15 bits per heavy atom. The number of halogens is 1. The number of aromatic nitrogens is 2. The summed E-state index contributed by atoms with van der Waals surface area (Å²) in [5, 5.41) is 1.44. The van der Waals surface area contributed by atoms with E-state index in [1.54, 1.807) is 11.8 Å². The minimum Gasteiger partial charge on any atom is -0.227 e. The zero-order valence-electron chi connectivity index (χ0n) is 7.67. The zero-order valence-corrected chi connectivity index (χ0v) is 9.24. The number of thioether (sulfide) groups is 1. The molecule has 0 saturated carbocycles.